The van der Waals surface area contributed by atoms with E-state index in [2.05, 4.69) is 15.0 Å². The van der Waals surface area contributed by atoms with Crippen molar-refractivity contribution in [1.82, 2.24) is 15.1 Å². The van der Waals surface area contributed by atoms with Crippen LogP contribution in [0.1, 0.15) is 39.0 Å². The maximum atomic E-state index is 12.8. The van der Waals surface area contributed by atoms with Gasteiger partial charge in [-0.2, -0.15) is 13.2 Å². The summed E-state index contributed by atoms with van der Waals surface area (Å²) in [5, 5.41) is 3.27. The molecule has 1 aliphatic rings. The summed E-state index contributed by atoms with van der Waals surface area (Å²) in [4.78, 5) is 18.7. The summed E-state index contributed by atoms with van der Waals surface area (Å²) in [5.74, 6) is 0.557. The topological polar surface area (TPSA) is 57.2 Å². The predicted octanol–water partition coefficient (Wildman–Crippen LogP) is 2.25. The molecular weight excluding hydrogens is 349 g/mol. The fraction of sp³-hybridized carbons (Fsp3) is 0.882. The van der Waals surface area contributed by atoms with Crippen molar-refractivity contribution in [3.05, 3.63) is 0 Å². The van der Waals surface area contributed by atoms with Gasteiger partial charge in [-0.3, -0.25) is 14.7 Å². The molecule has 1 heterocycles. The van der Waals surface area contributed by atoms with Crippen LogP contribution in [-0.4, -0.2) is 80.8 Å². The Bertz CT molecular complexity index is 450. The normalized spacial score (nSPS) is 17.9. The summed E-state index contributed by atoms with van der Waals surface area (Å²) in [5.41, 5.74) is 0. The molecule has 0 amide bonds. The van der Waals surface area contributed by atoms with E-state index in [1.54, 1.807) is 7.05 Å². The number of rotatable bonds is 8. The number of piperazine rings is 1. The number of halogens is 3. The number of aliphatic imine (C=N–C) groups is 1. The number of carbonyl (C=O) groups excluding carboxylic acids is 1. The molecule has 1 N–H and O–H groups in total. The van der Waals surface area contributed by atoms with E-state index in [1.807, 2.05) is 4.90 Å². The van der Waals surface area contributed by atoms with Crippen molar-refractivity contribution in [2.45, 2.75) is 51.2 Å². The minimum Gasteiger partial charge on any atom is -0.469 e. The molecule has 0 aromatic heterocycles. The van der Waals surface area contributed by atoms with E-state index < -0.39 is 12.2 Å². The number of unbranched alkanes of at least 4 members (excludes halogenated alkanes) is 3. The highest BCUT2D eigenvalue weighted by atomic mass is 19.4. The second-order valence-corrected chi connectivity index (χ2v) is 6.45. The average molecular weight is 380 g/mol. The zero-order valence-electron chi connectivity index (χ0n) is 15.9. The minimum atomic E-state index is -4.18. The molecular formula is C17H31F3N4O2. The molecule has 1 fully saturated rings. The van der Waals surface area contributed by atoms with Crippen LogP contribution in [0.25, 0.3) is 0 Å². The number of methoxy groups -OCH3 is 1. The summed E-state index contributed by atoms with van der Waals surface area (Å²) in [6, 6.07) is -1.41. The monoisotopic (exact) mass is 380 g/mol. The van der Waals surface area contributed by atoms with Gasteiger partial charge in [0.05, 0.1) is 7.11 Å². The second kappa shape index (κ2) is 11.3. The third kappa shape index (κ3) is 7.80. The molecule has 0 saturated carbocycles. The van der Waals surface area contributed by atoms with Crippen LogP contribution in [0.4, 0.5) is 13.2 Å². The molecule has 1 atom stereocenters. The first-order valence-corrected chi connectivity index (χ1v) is 9.12. The fourth-order valence-electron chi connectivity index (χ4n) is 2.91. The quantitative estimate of drug-likeness (QED) is 0.303. The summed E-state index contributed by atoms with van der Waals surface area (Å²) in [7, 11) is 3.07. The Kier molecular flexibility index (Phi) is 9.75. The second-order valence-electron chi connectivity index (χ2n) is 6.45. The lowest BCUT2D eigenvalue weighted by Gasteiger charge is -2.39. The van der Waals surface area contributed by atoms with Crippen LogP contribution in [0.15, 0.2) is 4.99 Å². The van der Waals surface area contributed by atoms with Gasteiger partial charge in [0, 0.05) is 46.2 Å². The molecule has 0 bridgehead atoms. The number of nitrogens with zero attached hydrogens (tertiary/aromatic N) is 3. The smallest absolute Gasteiger partial charge is 0.403 e. The van der Waals surface area contributed by atoms with Crippen LogP contribution in [0.2, 0.25) is 0 Å². The number of esters is 1. The van der Waals surface area contributed by atoms with Crippen LogP contribution < -0.4 is 5.32 Å². The molecule has 152 valence electrons. The van der Waals surface area contributed by atoms with E-state index in [1.165, 1.54) is 18.9 Å². The SMILES string of the molecule is CN=C(NCCCCCCC(=O)OC)N1CCN(C(C)C(F)(F)F)CC1. The van der Waals surface area contributed by atoms with Gasteiger partial charge in [-0.05, 0) is 19.8 Å². The van der Waals surface area contributed by atoms with Crippen LogP contribution in [-0.2, 0) is 9.53 Å². The first-order valence-electron chi connectivity index (χ1n) is 9.12. The Labute approximate surface area is 153 Å². The lowest BCUT2D eigenvalue weighted by atomic mass is 10.1. The van der Waals surface area contributed by atoms with E-state index in [9.17, 15) is 18.0 Å². The highest BCUT2D eigenvalue weighted by molar-refractivity contribution is 5.79. The first-order chi connectivity index (χ1) is 12.3. The maximum absolute atomic E-state index is 12.8. The lowest BCUT2D eigenvalue weighted by Crippen LogP contribution is -2.56. The van der Waals surface area contributed by atoms with Gasteiger partial charge in [0.2, 0.25) is 0 Å². The van der Waals surface area contributed by atoms with Gasteiger partial charge in [-0.1, -0.05) is 12.8 Å². The molecule has 6 nitrogen and oxygen atoms in total. The highest BCUT2D eigenvalue weighted by Gasteiger charge is 2.41. The molecule has 0 aliphatic carbocycles. The zero-order chi connectivity index (χ0) is 19.6. The van der Waals surface area contributed by atoms with Gasteiger partial charge in [0.1, 0.15) is 6.04 Å². The van der Waals surface area contributed by atoms with E-state index in [0.29, 0.717) is 32.6 Å². The number of ether oxygens (including phenoxy) is 1. The Morgan fingerprint density at radius 2 is 1.77 bits per heavy atom. The van der Waals surface area contributed by atoms with Gasteiger partial charge >= 0.3 is 12.1 Å². The average Bonchev–Trinajstić information content (AvgIpc) is 2.62. The number of nitrogens with one attached hydrogen (secondary N) is 1. The predicted molar refractivity (Wildman–Crippen MR) is 95.1 cm³/mol. The zero-order valence-corrected chi connectivity index (χ0v) is 15.9. The minimum absolute atomic E-state index is 0.178. The van der Waals surface area contributed by atoms with Crippen molar-refractivity contribution >= 4 is 11.9 Å². The summed E-state index contributed by atoms with van der Waals surface area (Å²) < 4.78 is 43.0. The summed E-state index contributed by atoms with van der Waals surface area (Å²) in [6.45, 7) is 3.76. The Balaban J connectivity index is 2.22. The Hall–Kier alpha value is -1.51. The maximum Gasteiger partial charge on any atom is 0.403 e. The van der Waals surface area contributed by atoms with Crippen LogP contribution in [0.5, 0.6) is 0 Å². The Morgan fingerprint density at radius 3 is 2.31 bits per heavy atom. The number of alkyl halides is 3. The van der Waals surface area contributed by atoms with Crippen molar-refractivity contribution in [3.8, 4) is 0 Å². The number of guanidine groups is 1. The van der Waals surface area contributed by atoms with E-state index in [0.717, 1.165) is 38.2 Å². The lowest BCUT2D eigenvalue weighted by molar-refractivity contribution is -0.181. The molecule has 0 spiro atoms. The van der Waals surface area contributed by atoms with E-state index >= 15 is 0 Å². The van der Waals surface area contributed by atoms with E-state index in [-0.39, 0.29) is 5.97 Å². The van der Waals surface area contributed by atoms with Crippen molar-refractivity contribution < 1.29 is 22.7 Å². The molecule has 1 rings (SSSR count). The summed E-state index contributed by atoms with van der Waals surface area (Å²) >= 11 is 0. The molecule has 1 saturated heterocycles. The van der Waals surface area contributed by atoms with Crippen molar-refractivity contribution in [3.63, 3.8) is 0 Å². The number of hydrogen-bond acceptors (Lipinski definition) is 4. The molecule has 1 aliphatic heterocycles. The van der Waals surface area contributed by atoms with Crippen molar-refractivity contribution in [1.29, 1.82) is 0 Å². The van der Waals surface area contributed by atoms with Gasteiger partial charge in [0.15, 0.2) is 5.96 Å². The third-order valence-corrected chi connectivity index (χ3v) is 4.67. The van der Waals surface area contributed by atoms with Gasteiger partial charge in [0.25, 0.3) is 0 Å². The van der Waals surface area contributed by atoms with Crippen LogP contribution in [0.3, 0.4) is 0 Å². The van der Waals surface area contributed by atoms with Gasteiger partial charge in [-0.15, -0.1) is 0 Å². The third-order valence-electron chi connectivity index (χ3n) is 4.67. The fourth-order valence-corrected chi connectivity index (χ4v) is 2.91. The molecule has 0 aromatic carbocycles. The molecule has 1 unspecified atom stereocenters. The van der Waals surface area contributed by atoms with Gasteiger partial charge in [-0.25, -0.2) is 0 Å². The van der Waals surface area contributed by atoms with E-state index in [4.69, 9.17) is 0 Å². The van der Waals surface area contributed by atoms with Crippen LogP contribution >= 0.6 is 0 Å². The molecule has 0 aromatic rings. The van der Waals surface area contributed by atoms with Crippen molar-refractivity contribution in [2.24, 2.45) is 4.99 Å². The Morgan fingerprint density at radius 1 is 1.15 bits per heavy atom. The molecule has 0 radical (unpaired) electrons. The van der Waals surface area contributed by atoms with Gasteiger partial charge < -0.3 is 15.0 Å². The molecule has 9 heteroatoms. The highest BCUT2D eigenvalue weighted by Crippen LogP contribution is 2.25. The largest absolute Gasteiger partial charge is 0.469 e. The molecule has 26 heavy (non-hydrogen) atoms. The number of carbonyl (C=O) groups is 1. The first kappa shape index (κ1) is 22.5. The standard InChI is InChI=1S/C17H31F3N4O2/c1-14(17(18,19)20)23-10-12-24(13-11-23)16(21-2)22-9-7-5-4-6-8-15(25)26-3/h14H,4-13H2,1-3H3,(H,21,22). The van der Waals surface area contributed by atoms with Crippen molar-refractivity contribution in [2.75, 3.05) is 46.9 Å². The van der Waals surface area contributed by atoms with Crippen LogP contribution in [0, 0.1) is 0 Å². The summed E-state index contributed by atoms with van der Waals surface area (Å²) in [6.07, 6.45) is -0.00452. The number of hydrogen-bond donors (Lipinski definition) is 1.